The summed E-state index contributed by atoms with van der Waals surface area (Å²) in [6, 6.07) is 0. The molecule has 0 N–H and O–H groups in total. The van der Waals surface area contributed by atoms with Gasteiger partial charge in [-0.3, -0.25) is 0 Å². The highest BCUT2D eigenvalue weighted by atomic mass is 32.3. The van der Waals surface area contributed by atoms with Crippen molar-refractivity contribution in [3.63, 3.8) is 0 Å². The summed E-state index contributed by atoms with van der Waals surface area (Å²) < 4.78 is 33.0. The minimum Gasteiger partial charge on any atom is -0.361 e. The van der Waals surface area contributed by atoms with E-state index in [0.717, 1.165) is 0 Å². The molecule has 0 bridgehead atoms. The highest BCUT2D eigenvalue weighted by Crippen LogP contribution is 2.10. The Labute approximate surface area is 58.9 Å². The van der Waals surface area contributed by atoms with Crippen molar-refractivity contribution in [2.24, 2.45) is 0 Å². The molecular formula is C4H7FN2O2S. The Morgan fingerprint density at radius 2 is 2.10 bits per heavy atom. The van der Waals surface area contributed by atoms with Crippen LogP contribution in [-0.4, -0.2) is 31.3 Å². The first-order valence-electron chi connectivity index (χ1n) is 2.60. The number of nitrogens with zero attached hydrogens (tertiary/aromatic N) is 2. The predicted molar refractivity (Wildman–Crippen MR) is 33.6 cm³/mol. The zero-order valence-electron chi connectivity index (χ0n) is 5.36. The van der Waals surface area contributed by atoms with E-state index in [1.807, 2.05) is 0 Å². The van der Waals surface area contributed by atoms with E-state index in [9.17, 15) is 12.3 Å². The molecule has 1 aliphatic heterocycles. The SMILES string of the molecule is CN1C=CN(S(=O)(=O)F)C1. The molecule has 1 aliphatic rings. The fourth-order valence-corrected chi connectivity index (χ4v) is 1.16. The quantitative estimate of drug-likeness (QED) is 0.510. The number of halogens is 1. The molecule has 0 radical (unpaired) electrons. The number of hydrogen-bond acceptors (Lipinski definition) is 3. The van der Waals surface area contributed by atoms with Crippen LogP contribution in [0.25, 0.3) is 0 Å². The molecule has 0 unspecified atom stereocenters. The van der Waals surface area contributed by atoms with Crippen LogP contribution >= 0.6 is 0 Å². The Hall–Kier alpha value is -0.780. The van der Waals surface area contributed by atoms with E-state index >= 15 is 0 Å². The molecule has 1 heterocycles. The Bertz CT molecular complexity index is 248. The summed E-state index contributed by atoms with van der Waals surface area (Å²) in [5.41, 5.74) is 0. The summed E-state index contributed by atoms with van der Waals surface area (Å²) >= 11 is 0. The molecule has 6 heteroatoms. The lowest BCUT2D eigenvalue weighted by atomic mass is 10.9. The van der Waals surface area contributed by atoms with Crippen LogP contribution in [0.15, 0.2) is 12.4 Å². The first-order chi connectivity index (χ1) is 4.50. The molecule has 0 saturated carbocycles. The van der Waals surface area contributed by atoms with E-state index in [1.54, 1.807) is 11.9 Å². The molecular weight excluding hydrogens is 159 g/mol. The highest BCUT2D eigenvalue weighted by Gasteiger charge is 2.20. The minimum absolute atomic E-state index is 0.0544. The smallest absolute Gasteiger partial charge is 0.361 e. The molecule has 0 aromatic rings. The van der Waals surface area contributed by atoms with E-state index in [2.05, 4.69) is 0 Å². The maximum atomic E-state index is 12.1. The van der Waals surface area contributed by atoms with Gasteiger partial charge in [0.15, 0.2) is 0 Å². The molecule has 1 rings (SSSR count). The summed E-state index contributed by atoms with van der Waals surface area (Å²) in [5.74, 6) is 0. The third-order valence-corrected chi connectivity index (χ3v) is 1.93. The first kappa shape index (κ1) is 7.33. The molecule has 0 aliphatic carbocycles. The van der Waals surface area contributed by atoms with E-state index in [0.29, 0.717) is 4.31 Å². The van der Waals surface area contributed by atoms with Crippen molar-refractivity contribution >= 4 is 10.4 Å². The highest BCUT2D eigenvalue weighted by molar-refractivity contribution is 7.84. The van der Waals surface area contributed by atoms with Crippen molar-refractivity contribution in [2.45, 2.75) is 0 Å². The van der Waals surface area contributed by atoms with Gasteiger partial charge in [-0.2, -0.15) is 8.42 Å². The van der Waals surface area contributed by atoms with Crippen molar-refractivity contribution in [1.82, 2.24) is 9.21 Å². The fraction of sp³-hybridized carbons (Fsp3) is 0.500. The van der Waals surface area contributed by atoms with Crippen molar-refractivity contribution in [2.75, 3.05) is 13.7 Å². The topological polar surface area (TPSA) is 40.6 Å². The van der Waals surface area contributed by atoms with Crippen LogP contribution in [-0.2, 0) is 10.4 Å². The maximum absolute atomic E-state index is 12.1. The Kier molecular flexibility index (Phi) is 1.55. The number of rotatable bonds is 1. The van der Waals surface area contributed by atoms with Gasteiger partial charge in [-0.15, -0.1) is 0 Å². The monoisotopic (exact) mass is 166 g/mol. The summed E-state index contributed by atoms with van der Waals surface area (Å²) in [4.78, 5) is 1.55. The summed E-state index contributed by atoms with van der Waals surface area (Å²) in [5, 5.41) is 0. The van der Waals surface area contributed by atoms with Crippen molar-refractivity contribution in [3.05, 3.63) is 12.4 Å². The predicted octanol–water partition coefficient (Wildman–Crippen LogP) is -0.123. The van der Waals surface area contributed by atoms with Gasteiger partial charge in [0.1, 0.15) is 6.67 Å². The second kappa shape index (κ2) is 2.12. The van der Waals surface area contributed by atoms with Crippen LogP contribution < -0.4 is 0 Å². The van der Waals surface area contributed by atoms with Gasteiger partial charge in [0, 0.05) is 19.4 Å². The molecule has 4 nitrogen and oxygen atoms in total. The van der Waals surface area contributed by atoms with Crippen molar-refractivity contribution < 1.29 is 12.3 Å². The minimum atomic E-state index is -4.53. The molecule has 0 spiro atoms. The average molecular weight is 166 g/mol. The summed E-state index contributed by atoms with van der Waals surface area (Å²) in [6.45, 7) is 0.0544. The van der Waals surface area contributed by atoms with Gasteiger partial charge in [-0.05, 0) is 0 Å². The lowest BCUT2D eigenvalue weighted by molar-refractivity contribution is 0.371. The van der Waals surface area contributed by atoms with Crippen LogP contribution in [0.1, 0.15) is 0 Å². The van der Waals surface area contributed by atoms with Gasteiger partial charge in [-0.25, -0.2) is 4.31 Å². The van der Waals surface area contributed by atoms with Crippen molar-refractivity contribution in [3.8, 4) is 0 Å². The van der Waals surface area contributed by atoms with Crippen molar-refractivity contribution in [1.29, 1.82) is 0 Å². The molecule has 0 amide bonds. The summed E-state index contributed by atoms with van der Waals surface area (Å²) in [7, 11) is -2.88. The largest absolute Gasteiger partial charge is 0.400 e. The second-order valence-electron chi connectivity index (χ2n) is 2.03. The van der Waals surface area contributed by atoms with Crippen LogP contribution in [0.2, 0.25) is 0 Å². The lowest BCUT2D eigenvalue weighted by Gasteiger charge is -2.11. The zero-order chi connectivity index (χ0) is 7.78. The molecule has 0 fully saturated rings. The third-order valence-electron chi connectivity index (χ3n) is 1.13. The van der Waals surface area contributed by atoms with Gasteiger partial charge >= 0.3 is 10.4 Å². The molecule has 0 aromatic heterocycles. The van der Waals surface area contributed by atoms with Crippen LogP contribution in [0.4, 0.5) is 3.89 Å². The zero-order valence-corrected chi connectivity index (χ0v) is 6.18. The average Bonchev–Trinajstić information content (AvgIpc) is 2.11. The van der Waals surface area contributed by atoms with Gasteiger partial charge in [0.25, 0.3) is 0 Å². The Balaban J connectivity index is 2.73. The number of hydrogen-bond donors (Lipinski definition) is 0. The van der Waals surface area contributed by atoms with Crippen LogP contribution in [0.5, 0.6) is 0 Å². The van der Waals surface area contributed by atoms with E-state index < -0.39 is 10.4 Å². The fourth-order valence-electron chi connectivity index (χ4n) is 0.644. The van der Waals surface area contributed by atoms with Crippen LogP contribution in [0, 0.1) is 0 Å². The Morgan fingerprint density at radius 3 is 2.30 bits per heavy atom. The second-order valence-corrected chi connectivity index (χ2v) is 3.32. The molecule has 10 heavy (non-hydrogen) atoms. The standard InChI is InChI=1S/C4H7FN2O2S/c1-6-2-3-7(4-6)10(5,8)9/h2-3H,4H2,1H3. The molecule has 0 aromatic carbocycles. The van der Waals surface area contributed by atoms with Crippen LogP contribution in [0.3, 0.4) is 0 Å². The van der Waals surface area contributed by atoms with E-state index in [1.165, 1.54) is 12.4 Å². The molecule has 0 atom stereocenters. The maximum Gasteiger partial charge on any atom is 0.400 e. The van der Waals surface area contributed by atoms with Gasteiger partial charge in [0.2, 0.25) is 0 Å². The van der Waals surface area contributed by atoms with Gasteiger partial charge in [-0.1, -0.05) is 3.89 Å². The van der Waals surface area contributed by atoms with E-state index in [-0.39, 0.29) is 6.67 Å². The molecule has 58 valence electrons. The van der Waals surface area contributed by atoms with E-state index in [4.69, 9.17) is 0 Å². The molecule has 0 saturated heterocycles. The van der Waals surface area contributed by atoms with Gasteiger partial charge < -0.3 is 4.90 Å². The van der Waals surface area contributed by atoms with Gasteiger partial charge in [0.05, 0.1) is 0 Å². The Morgan fingerprint density at radius 1 is 1.50 bits per heavy atom. The normalized spacial score (nSPS) is 18.6. The third kappa shape index (κ3) is 1.38. The summed E-state index contributed by atoms with van der Waals surface area (Å²) in [6.07, 6.45) is 2.66. The lowest BCUT2D eigenvalue weighted by Crippen LogP contribution is -2.25. The first-order valence-corrected chi connectivity index (χ1v) is 3.94.